The second-order valence-electron chi connectivity index (χ2n) is 8.17. The first-order valence-electron chi connectivity index (χ1n) is 10.5. The average molecular weight is 472 g/mol. The van der Waals surface area contributed by atoms with Crippen LogP contribution in [-0.4, -0.2) is 63.8 Å². The van der Waals surface area contributed by atoms with Gasteiger partial charge in [0.15, 0.2) is 21.3 Å². The fourth-order valence-corrected chi connectivity index (χ4v) is 4.58. The fourth-order valence-electron chi connectivity index (χ4n) is 3.52. The van der Waals surface area contributed by atoms with Crippen LogP contribution in [0.15, 0.2) is 39.8 Å². The number of benzene rings is 1. The second-order valence-corrected chi connectivity index (χ2v) is 10.7. The van der Waals surface area contributed by atoms with Gasteiger partial charge in [-0.15, -0.1) is 10.2 Å². The number of hydrogen-bond donors (Lipinski definition) is 2. The Bertz CT molecular complexity index is 1270. The number of amides is 1. The van der Waals surface area contributed by atoms with E-state index in [4.69, 9.17) is 15.9 Å². The standard InChI is InChI=1S/C21H25N7O4S/c1-12(2)33(30,31)15-7-5-13(6-8-15)16-10-24-18(23)17(25-16)19-26-27-20(32-19)21(29)28-9-3-4-14(22)11-28/h5-8,10,12,14H,3-4,9,11,22H2,1-2H3,(H2,23,24). The molecule has 0 saturated carbocycles. The van der Waals surface area contributed by atoms with E-state index in [1.54, 1.807) is 30.9 Å². The van der Waals surface area contributed by atoms with Crippen LogP contribution >= 0.6 is 0 Å². The zero-order valence-electron chi connectivity index (χ0n) is 18.3. The van der Waals surface area contributed by atoms with Gasteiger partial charge in [-0.25, -0.2) is 18.4 Å². The molecule has 2 aromatic heterocycles. The number of carbonyl (C=O) groups is 1. The number of nitrogens with two attached hydrogens (primary N) is 2. The SMILES string of the molecule is CC(C)S(=O)(=O)c1ccc(-c2cnc(N)c(-c3nnc(C(=O)N4CCCC(N)C4)o3)n2)cc1. The van der Waals surface area contributed by atoms with Crippen molar-refractivity contribution in [2.75, 3.05) is 18.8 Å². The van der Waals surface area contributed by atoms with Gasteiger partial charge in [-0.05, 0) is 38.8 Å². The summed E-state index contributed by atoms with van der Waals surface area (Å²) < 4.78 is 30.3. The zero-order chi connectivity index (χ0) is 23.8. The van der Waals surface area contributed by atoms with Gasteiger partial charge in [0.1, 0.15) is 0 Å². The molecule has 3 heterocycles. The Hall–Kier alpha value is -3.38. The molecule has 0 bridgehead atoms. The molecule has 0 aliphatic carbocycles. The molecule has 1 unspecified atom stereocenters. The van der Waals surface area contributed by atoms with E-state index in [1.807, 2.05) is 0 Å². The van der Waals surface area contributed by atoms with E-state index in [9.17, 15) is 13.2 Å². The maximum absolute atomic E-state index is 12.7. The van der Waals surface area contributed by atoms with Gasteiger partial charge in [-0.1, -0.05) is 12.1 Å². The molecule has 3 aromatic rings. The normalized spacial score (nSPS) is 16.8. The molecule has 1 fully saturated rings. The van der Waals surface area contributed by atoms with Crippen molar-refractivity contribution in [3.63, 3.8) is 0 Å². The van der Waals surface area contributed by atoms with Crippen LogP contribution in [0, 0.1) is 0 Å². The summed E-state index contributed by atoms with van der Waals surface area (Å²) in [7, 11) is -3.39. The van der Waals surface area contributed by atoms with Crippen molar-refractivity contribution in [1.29, 1.82) is 0 Å². The van der Waals surface area contributed by atoms with E-state index in [-0.39, 0.29) is 34.2 Å². The summed E-state index contributed by atoms with van der Waals surface area (Å²) in [5.41, 5.74) is 13.1. The molecular weight excluding hydrogens is 446 g/mol. The Kier molecular flexibility index (Phi) is 6.13. The number of nitrogen functional groups attached to an aromatic ring is 1. The molecule has 1 saturated heterocycles. The Labute approximate surface area is 191 Å². The van der Waals surface area contributed by atoms with Gasteiger partial charge in [0.2, 0.25) is 0 Å². The first-order valence-corrected chi connectivity index (χ1v) is 12.1. The smallest absolute Gasteiger partial charge is 0.311 e. The summed E-state index contributed by atoms with van der Waals surface area (Å²) in [4.78, 5) is 23.1. The third kappa shape index (κ3) is 4.57. The number of carbonyl (C=O) groups excluding carboxylic acids is 1. The number of rotatable bonds is 5. The molecule has 1 aromatic carbocycles. The lowest BCUT2D eigenvalue weighted by molar-refractivity contribution is 0.0669. The van der Waals surface area contributed by atoms with Crippen LogP contribution in [0.5, 0.6) is 0 Å². The number of anilines is 1. The van der Waals surface area contributed by atoms with Gasteiger partial charge in [0, 0.05) is 24.7 Å². The number of piperidine rings is 1. The molecule has 174 valence electrons. The molecule has 4 N–H and O–H groups in total. The highest BCUT2D eigenvalue weighted by Gasteiger charge is 2.27. The lowest BCUT2D eigenvalue weighted by atomic mass is 10.1. The minimum Gasteiger partial charge on any atom is -0.410 e. The van der Waals surface area contributed by atoms with Crippen LogP contribution in [0.3, 0.4) is 0 Å². The van der Waals surface area contributed by atoms with E-state index in [0.717, 1.165) is 12.8 Å². The molecule has 4 rings (SSSR count). The van der Waals surface area contributed by atoms with E-state index in [2.05, 4.69) is 20.2 Å². The summed E-state index contributed by atoms with van der Waals surface area (Å²) in [5, 5.41) is 7.25. The highest BCUT2D eigenvalue weighted by atomic mass is 32.2. The fraction of sp³-hybridized carbons (Fsp3) is 0.381. The van der Waals surface area contributed by atoms with Crippen molar-refractivity contribution in [3.05, 3.63) is 36.4 Å². The van der Waals surface area contributed by atoms with Crippen LogP contribution in [0.1, 0.15) is 37.4 Å². The molecule has 1 aliphatic rings. The Balaban J connectivity index is 1.60. The van der Waals surface area contributed by atoms with Gasteiger partial charge < -0.3 is 20.8 Å². The Morgan fingerprint density at radius 3 is 2.61 bits per heavy atom. The molecular formula is C21H25N7O4S. The first-order chi connectivity index (χ1) is 15.7. The van der Waals surface area contributed by atoms with Crippen LogP contribution in [0.4, 0.5) is 5.82 Å². The Morgan fingerprint density at radius 1 is 1.21 bits per heavy atom. The van der Waals surface area contributed by atoms with E-state index in [1.165, 1.54) is 18.3 Å². The quantitative estimate of drug-likeness (QED) is 0.555. The maximum atomic E-state index is 12.7. The van der Waals surface area contributed by atoms with Crippen molar-refractivity contribution in [2.45, 2.75) is 42.9 Å². The third-order valence-electron chi connectivity index (χ3n) is 5.46. The molecule has 1 atom stereocenters. The summed E-state index contributed by atoms with van der Waals surface area (Å²) in [6, 6.07) is 6.25. The zero-order valence-corrected chi connectivity index (χ0v) is 19.1. The van der Waals surface area contributed by atoms with Gasteiger partial charge >= 0.3 is 11.8 Å². The van der Waals surface area contributed by atoms with E-state index < -0.39 is 21.0 Å². The first kappa shape index (κ1) is 22.8. The molecule has 0 spiro atoms. The van der Waals surface area contributed by atoms with E-state index >= 15 is 0 Å². The molecule has 33 heavy (non-hydrogen) atoms. The topological polar surface area (TPSA) is 171 Å². The predicted octanol–water partition coefficient (Wildman–Crippen LogP) is 1.52. The maximum Gasteiger partial charge on any atom is 0.311 e. The van der Waals surface area contributed by atoms with Crippen molar-refractivity contribution in [1.82, 2.24) is 25.1 Å². The molecule has 1 aliphatic heterocycles. The number of aromatic nitrogens is 4. The highest BCUT2D eigenvalue weighted by molar-refractivity contribution is 7.92. The lowest BCUT2D eigenvalue weighted by Gasteiger charge is -2.29. The molecule has 0 radical (unpaired) electrons. The lowest BCUT2D eigenvalue weighted by Crippen LogP contribution is -2.45. The van der Waals surface area contributed by atoms with Crippen molar-refractivity contribution in [3.8, 4) is 22.8 Å². The van der Waals surface area contributed by atoms with Crippen molar-refractivity contribution < 1.29 is 17.6 Å². The van der Waals surface area contributed by atoms with Gasteiger partial charge in [0.05, 0.1) is 22.0 Å². The Morgan fingerprint density at radius 2 is 1.94 bits per heavy atom. The van der Waals surface area contributed by atoms with Gasteiger partial charge in [-0.3, -0.25) is 4.79 Å². The average Bonchev–Trinajstić information content (AvgIpc) is 3.29. The van der Waals surface area contributed by atoms with Crippen LogP contribution < -0.4 is 11.5 Å². The van der Waals surface area contributed by atoms with Crippen LogP contribution in [-0.2, 0) is 9.84 Å². The minimum absolute atomic E-state index is 0.0366. The van der Waals surface area contributed by atoms with Crippen LogP contribution in [0.2, 0.25) is 0 Å². The van der Waals surface area contributed by atoms with Crippen LogP contribution in [0.25, 0.3) is 22.8 Å². The third-order valence-corrected chi connectivity index (χ3v) is 7.63. The summed E-state index contributed by atoms with van der Waals surface area (Å²) >= 11 is 0. The minimum atomic E-state index is -3.39. The van der Waals surface area contributed by atoms with Crippen molar-refractivity contribution in [2.24, 2.45) is 5.73 Å². The van der Waals surface area contributed by atoms with E-state index in [0.29, 0.717) is 24.3 Å². The molecule has 1 amide bonds. The van der Waals surface area contributed by atoms with Gasteiger partial charge in [-0.2, -0.15) is 0 Å². The van der Waals surface area contributed by atoms with Crippen molar-refractivity contribution >= 4 is 21.6 Å². The monoisotopic (exact) mass is 471 g/mol. The summed E-state index contributed by atoms with van der Waals surface area (Å²) in [6.07, 6.45) is 3.14. The number of nitrogens with zero attached hydrogens (tertiary/aromatic N) is 5. The number of sulfone groups is 1. The summed E-state index contributed by atoms with van der Waals surface area (Å²) in [5.74, 6) is -0.548. The number of likely N-dealkylation sites (tertiary alicyclic amines) is 1. The largest absolute Gasteiger partial charge is 0.410 e. The second kappa shape index (κ2) is 8.87. The van der Waals surface area contributed by atoms with Gasteiger partial charge in [0.25, 0.3) is 5.89 Å². The number of hydrogen-bond acceptors (Lipinski definition) is 10. The predicted molar refractivity (Wildman–Crippen MR) is 121 cm³/mol. The molecule has 12 heteroatoms. The summed E-state index contributed by atoms with van der Waals surface area (Å²) in [6.45, 7) is 4.26. The highest BCUT2D eigenvalue weighted by Crippen LogP contribution is 2.27. The molecule has 11 nitrogen and oxygen atoms in total.